The van der Waals surface area contributed by atoms with Crippen LogP contribution in [0.25, 0.3) is 77.1 Å². The zero-order valence-corrected chi connectivity index (χ0v) is 24.6. The molecule has 0 N–H and O–H groups in total. The molecule has 5 heterocycles. The van der Waals surface area contributed by atoms with Gasteiger partial charge in [-0.1, -0.05) is 54.6 Å². The van der Waals surface area contributed by atoms with Gasteiger partial charge in [0.25, 0.3) is 0 Å². The minimum absolute atomic E-state index is 0.832. The van der Waals surface area contributed by atoms with Crippen molar-refractivity contribution in [1.29, 1.82) is 0 Å². The lowest BCUT2D eigenvalue weighted by molar-refractivity contribution is 0.496. The summed E-state index contributed by atoms with van der Waals surface area (Å²) in [5, 5.41) is 7.05. The minimum atomic E-state index is 0.832. The summed E-state index contributed by atoms with van der Waals surface area (Å²) in [6, 6.07) is 41.0. The van der Waals surface area contributed by atoms with Gasteiger partial charge in [0.15, 0.2) is 0 Å². The predicted molar refractivity (Wildman–Crippen MR) is 184 cm³/mol. The summed E-state index contributed by atoms with van der Waals surface area (Å²) in [6.07, 6.45) is 6.12. The van der Waals surface area contributed by atoms with Gasteiger partial charge in [0.1, 0.15) is 17.0 Å². The van der Waals surface area contributed by atoms with Gasteiger partial charge in [-0.3, -0.25) is 4.57 Å². The molecule has 214 valence electrons. The molecule has 4 aromatic heterocycles. The Kier molecular flexibility index (Phi) is 4.89. The maximum atomic E-state index is 6.34. The van der Waals surface area contributed by atoms with Crippen molar-refractivity contribution < 1.29 is 4.42 Å². The van der Waals surface area contributed by atoms with Crippen LogP contribution in [0.4, 0.5) is 5.69 Å². The Balaban J connectivity index is 1.31. The van der Waals surface area contributed by atoms with Crippen molar-refractivity contribution in [3.8, 4) is 11.5 Å². The van der Waals surface area contributed by atoms with E-state index in [-0.39, 0.29) is 0 Å². The molecule has 0 saturated carbocycles. The van der Waals surface area contributed by atoms with E-state index in [0.717, 1.165) is 51.1 Å². The first-order valence-corrected chi connectivity index (χ1v) is 15.2. The summed E-state index contributed by atoms with van der Waals surface area (Å²) in [4.78, 5) is 9.32. The molecule has 0 atom stereocenters. The van der Waals surface area contributed by atoms with Crippen LogP contribution in [-0.2, 0) is 0 Å². The zero-order valence-electron chi connectivity index (χ0n) is 24.6. The van der Waals surface area contributed by atoms with E-state index in [1.807, 2.05) is 24.4 Å². The van der Waals surface area contributed by atoms with E-state index < -0.39 is 0 Å². The number of fused-ring (bicyclic) bond motifs is 10. The molecule has 5 aromatic carbocycles. The standard InChI is InChI=1S/C39H27N5O/c1-41-20-21-42(24-41)25-13-15-28-27-8-2-4-10-32(27)43(33(28)22-25)26-14-16-29-30-17-18-36-38(31-9-3-5-11-35(31)45-36)39(30)44(34(29)23-26)37-12-6-7-19-40-37/h2-23H,24H2,1H3. The molecular formula is C39H27N5O. The molecule has 6 heteroatoms. The Morgan fingerprint density at radius 1 is 0.578 bits per heavy atom. The third-order valence-corrected chi connectivity index (χ3v) is 9.25. The van der Waals surface area contributed by atoms with Gasteiger partial charge in [-0.15, -0.1) is 0 Å². The second-order valence-corrected chi connectivity index (χ2v) is 11.9. The van der Waals surface area contributed by atoms with Crippen LogP contribution in [0.15, 0.2) is 138 Å². The summed E-state index contributed by atoms with van der Waals surface area (Å²) in [7, 11) is 2.10. The van der Waals surface area contributed by atoms with Crippen molar-refractivity contribution >= 4 is 71.2 Å². The molecule has 1 aliphatic rings. The lowest BCUT2D eigenvalue weighted by Gasteiger charge is -2.19. The average Bonchev–Trinajstić information content (AvgIpc) is 3.84. The molecule has 0 spiro atoms. The van der Waals surface area contributed by atoms with E-state index in [9.17, 15) is 0 Å². The first-order chi connectivity index (χ1) is 22.2. The van der Waals surface area contributed by atoms with Crippen LogP contribution >= 0.6 is 0 Å². The molecule has 0 saturated heterocycles. The van der Waals surface area contributed by atoms with Crippen LogP contribution in [0.5, 0.6) is 0 Å². The van der Waals surface area contributed by atoms with Crippen LogP contribution < -0.4 is 4.90 Å². The van der Waals surface area contributed by atoms with Crippen LogP contribution in [0, 0.1) is 0 Å². The number of nitrogens with zero attached hydrogens (tertiary/aromatic N) is 5. The maximum Gasteiger partial charge on any atom is 0.137 e. The molecule has 0 amide bonds. The lowest BCUT2D eigenvalue weighted by atomic mass is 10.1. The van der Waals surface area contributed by atoms with E-state index in [0.29, 0.717) is 0 Å². The SMILES string of the molecule is CN1C=CN(c2ccc3c4ccccc4n(-c4ccc5c6ccc7oc8ccccc8c7c6n(-c6ccccn6)c5c4)c3c2)C1. The summed E-state index contributed by atoms with van der Waals surface area (Å²) < 4.78 is 11.0. The fourth-order valence-electron chi connectivity index (χ4n) is 7.28. The number of para-hydroxylation sites is 2. The molecule has 0 bridgehead atoms. The highest BCUT2D eigenvalue weighted by molar-refractivity contribution is 6.24. The van der Waals surface area contributed by atoms with Crippen molar-refractivity contribution in [1.82, 2.24) is 19.0 Å². The number of benzene rings is 5. The van der Waals surface area contributed by atoms with Crippen LogP contribution in [0.2, 0.25) is 0 Å². The monoisotopic (exact) mass is 581 g/mol. The predicted octanol–water partition coefficient (Wildman–Crippen LogP) is 9.36. The van der Waals surface area contributed by atoms with E-state index >= 15 is 0 Å². The van der Waals surface area contributed by atoms with Crippen molar-refractivity contribution in [2.75, 3.05) is 18.6 Å². The molecule has 9 aromatic rings. The van der Waals surface area contributed by atoms with E-state index in [1.54, 1.807) is 0 Å². The number of rotatable bonds is 3. The van der Waals surface area contributed by atoms with Crippen LogP contribution in [0.3, 0.4) is 0 Å². The smallest absolute Gasteiger partial charge is 0.137 e. The number of anilines is 1. The van der Waals surface area contributed by atoms with Crippen molar-refractivity contribution in [2.45, 2.75) is 0 Å². The Labute approximate surface area is 258 Å². The fraction of sp³-hybridized carbons (Fsp3) is 0.0513. The first kappa shape index (κ1) is 24.4. The Morgan fingerprint density at radius 3 is 2.13 bits per heavy atom. The number of hydrogen-bond donors (Lipinski definition) is 0. The molecule has 0 unspecified atom stereocenters. The minimum Gasteiger partial charge on any atom is -0.456 e. The highest BCUT2D eigenvalue weighted by Gasteiger charge is 2.21. The van der Waals surface area contributed by atoms with Gasteiger partial charge in [0.05, 0.1) is 34.1 Å². The van der Waals surface area contributed by atoms with Crippen molar-refractivity contribution in [3.05, 3.63) is 134 Å². The van der Waals surface area contributed by atoms with Gasteiger partial charge in [0.2, 0.25) is 0 Å². The van der Waals surface area contributed by atoms with E-state index in [4.69, 9.17) is 9.40 Å². The quantitative estimate of drug-likeness (QED) is 0.209. The van der Waals surface area contributed by atoms with Crippen molar-refractivity contribution in [2.24, 2.45) is 0 Å². The molecule has 0 radical (unpaired) electrons. The zero-order chi connectivity index (χ0) is 29.6. The maximum absolute atomic E-state index is 6.34. The molecule has 0 fully saturated rings. The van der Waals surface area contributed by atoms with Gasteiger partial charge < -0.3 is 18.8 Å². The molecule has 1 aliphatic heterocycles. The average molecular weight is 582 g/mol. The van der Waals surface area contributed by atoms with Gasteiger partial charge in [0, 0.05) is 64.0 Å². The van der Waals surface area contributed by atoms with E-state index in [2.05, 4.69) is 135 Å². The number of furan rings is 1. The third kappa shape index (κ3) is 3.42. The number of pyridine rings is 1. The summed E-state index contributed by atoms with van der Waals surface area (Å²) >= 11 is 0. The highest BCUT2D eigenvalue weighted by Crippen LogP contribution is 2.42. The molecule has 0 aliphatic carbocycles. The number of aromatic nitrogens is 3. The Morgan fingerprint density at radius 2 is 1.29 bits per heavy atom. The number of hydrogen-bond acceptors (Lipinski definition) is 4. The lowest BCUT2D eigenvalue weighted by Crippen LogP contribution is -2.21. The van der Waals surface area contributed by atoms with Crippen LogP contribution in [-0.4, -0.2) is 32.7 Å². The van der Waals surface area contributed by atoms with Crippen molar-refractivity contribution in [3.63, 3.8) is 0 Å². The summed E-state index contributed by atoms with van der Waals surface area (Å²) in [5.74, 6) is 0.877. The second-order valence-electron chi connectivity index (χ2n) is 11.9. The third-order valence-electron chi connectivity index (χ3n) is 9.25. The van der Waals surface area contributed by atoms with Gasteiger partial charge >= 0.3 is 0 Å². The first-order valence-electron chi connectivity index (χ1n) is 15.2. The molecule has 10 rings (SSSR count). The molecule has 6 nitrogen and oxygen atoms in total. The summed E-state index contributed by atoms with van der Waals surface area (Å²) in [6.45, 7) is 0.832. The highest BCUT2D eigenvalue weighted by atomic mass is 16.3. The Hall–Kier alpha value is -6.01. The topological polar surface area (TPSA) is 42.4 Å². The van der Waals surface area contributed by atoms with E-state index in [1.165, 1.54) is 38.3 Å². The second kappa shape index (κ2) is 9.00. The van der Waals surface area contributed by atoms with Gasteiger partial charge in [-0.05, 0) is 60.7 Å². The largest absolute Gasteiger partial charge is 0.456 e. The molecule has 45 heavy (non-hydrogen) atoms. The summed E-state index contributed by atoms with van der Waals surface area (Å²) in [5.41, 5.74) is 8.61. The normalized spacial score (nSPS) is 13.6. The van der Waals surface area contributed by atoms with Gasteiger partial charge in [-0.25, -0.2) is 4.98 Å². The fourth-order valence-corrected chi connectivity index (χ4v) is 7.28. The van der Waals surface area contributed by atoms with Gasteiger partial charge in [-0.2, -0.15) is 0 Å². The van der Waals surface area contributed by atoms with Crippen LogP contribution in [0.1, 0.15) is 0 Å². The molecular weight excluding hydrogens is 554 g/mol. The Bertz CT molecular complexity index is 2660.